The van der Waals surface area contributed by atoms with Gasteiger partial charge in [0.15, 0.2) is 6.54 Å². The van der Waals surface area contributed by atoms with E-state index in [2.05, 4.69) is 51.9 Å². The van der Waals surface area contributed by atoms with Gasteiger partial charge in [0.2, 0.25) is 5.69 Å². The van der Waals surface area contributed by atoms with Crippen LogP contribution in [0, 0.1) is 0 Å². The number of rotatable bonds is 10. The number of carboxylic acid groups (broad SMARTS) is 1. The molecule has 2 aliphatic heterocycles. The summed E-state index contributed by atoms with van der Waals surface area (Å²) in [7, 11) is 0. The molecule has 0 unspecified atom stereocenters. The smallest absolute Gasteiger partial charge is 0.352 e. The predicted octanol–water partition coefficient (Wildman–Crippen LogP) is 7.41. The average molecular weight is 720 g/mol. The number of aryl methyl sites for hydroxylation is 2. The van der Waals surface area contributed by atoms with Gasteiger partial charge in [-0.3, -0.25) is 4.90 Å². The van der Waals surface area contributed by atoms with Crippen molar-refractivity contribution in [3.05, 3.63) is 118 Å². The van der Waals surface area contributed by atoms with Crippen LogP contribution in [0.1, 0.15) is 51.9 Å². The van der Waals surface area contributed by atoms with Crippen LogP contribution in [0.4, 0.5) is 0 Å². The van der Waals surface area contributed by atoms with Gasteiger partial charge in [-0.05, 0) is 53.5 Å². The Hall–Kier alpha value is -4.67. The summed E-state index contributed by atoms with van der Waals surface area (Å²) >= 11 is 7.25. The van der Waals surface area contributed by atoms with Gasteiger partial charge in [-0.1, -0.05) is 85.3 Å². The SMILES string of the molecule is CCc1[nH][n+](CCN2CCOCC2)c2c1-c1c(Cl)ccc3c(CCCOc4cccc5ccccc45)c(C(=O)O)n(c13)Cc1ccccc1COC2. The Morgan fingerprint density at radius 3 is 2.54 bits per heavy atom. The highest BCUT2D eigenvalue weighted by atomic mass is 35.5. The van der Waals surface area contributed by atoms with Crippen LogP contribution in [0.3, 0.4) is 0 Å². The topological polar surface area (TPSA) is 92.8 Å². The number of hydrogen-bond donors (Lipinski definition) is 2. The van der Waals surface area contributed by atoms with Gasteiger partial charge in [0, 0.05) is 36.0 Å². The molecule has 0 spiro atoms. The zero-order valence-corrected chi connectivity index (χ0v) is 30.3. The number of nitrogens with zero attached hydrogens (tertiary/aromatic N) is 3. The number of carbonyl (C=O) groups is 1. The zero-order valence-electron chi connectivity index (χ0n) is 29.5. The van der Waals surface area contributed by atoms with Gasteiger partial charge < -0.3 is 23.9 Å². The van der Waals surface area contributed by atoms with Crippen LogP contribution in [-0.4, -0.2) is 65.1 Å². The minimum Gasteiger partial charge on any atom is -0.493 e. The molecular weight excluding hydrogens is 676 g/mol. The number of aromatic nitrogens is 3. The van der Waals surface area contributed by atoms with Crippen molar-refractivity contribution in [1.82, 2.24) is 14.6 Å². The standard InChI is InChI=1S/C42H43ClN4O5/c1-2-35-39-36(47(44-35)19-18-45-20-23-50-24-21-45)27-51-26-30-11-4-3-10-29(30)25-46-40-33(16-17-34(43)38(39)40)32(41(46)42(48)49)14-8-22-52-37-15-7-12-28-9-5-6-13-31(28)37/h3-7,9-13,15-17H,2,8,14,18-27H2,1H3,(H,48,49)/p+1. The Labute approximate surface area is 308 Å². The maximum Gasteiger partial charge on any atom is 0.352 e. The summed E-state index contributed by atoms with van der Waals surface area (Å²) in [5.74, 6) is -0.132. The summed E-state index contributed by atoms with van der Waals surface area (Å²) < 4.78 is 22.6. The molecule has 4 aromatic carbocycles. The molecule has 1 saturated heterocycles. The number of H-pyrrole nitrogens is 1. The van der Waals surface area contributed by atoms with Crippen molar-refractivity contribution in [2.45, 2.75) is 52.5 Å². The molecule has 9 nitrogen and oxygen atoms in total. The average Bonchev–Trinajstić information content (AvgIpc) is 3.67. The highest BCUT2D eigenvalue weighted by molar-refractivity contribution is 6.35. The molecule has 1 fully saturated rings. The summed E-state index contributed by atoms with van der Waals surface area (Å²) in [6.45, 7) is 8.66. The predicted molar refractivity (Wildman–Crippen MR) is 202 cm³/mol. The summed E-state index contributed by atoms with van der Waals surface area (Å²) in [6.07, 6.45) is 1.91. The lowest BCUT2D eigenvalue weighted by atomic mass is 9.97. The second kappa shape index (κ2) is 15.1. The first-order valence-corrected chi connectivity index (χ1v) is 18.7. The van der Waals surface area contributed by atoms with Crippen LogP contribution in [0.25, 0.3) is 32.8 Å². The fraction of sp³-hybridized carbons (Fsp3) is 0.333. The van der Waals surface area contributed by atoms with E-state index in [9.17, 15) is 9.90 Å². The maximum atomic E-state index is 13.4. The summed E-state index contributed by atoms with van der Waals surface area (Å²) in [6, 6.07) is 26.3. The maximum absolute atomic E-state index is 13.4. The number of nitrogens with one attached hydrogen (secondary N) is 1. The Morgan fingerprint density at radius 1 is 0.923 bits per heavy atom. The summed E-state index contributed by atoms with van der Waals surface area (Å²) in [5, 5.41) is 18.3. The molecule has 0 atom stereocenters. The van der Waals surface area contributed by atoms with E-state index in [-0.39, 0.29) is 5.69 Å². The van der Waals surface area contributed by atoms with Crippen molar-refractivity contribution < 1.29 is 28.8 Å². The van der Waals surface area contributed by atoms with Crippen molar-refractivity contribution in [3.8, 4) is 16.9 Å². The molecule has 0 aliphatic carbocycles. The number of halogens is 1. The lowest BCUT2D eigenvalue weighted by Crippen LogP contribution is -2.47. The van der Waals surface area contributed by atoms with E-state index in [1.807, 2.05) is 53.1 Å². The lowest BCUT2D eigenvalue weighted by molar-refractivity contribution is -0.757. The van der Waals surface area contributed by atoms with E-state index < -0.39 is 5.97 Å². The molecule has 6 aromatic rings. The second-order valence-corrected chi connectivity index (χ2v) is 14.0. The van der Waals surface area contributed by atoms with Crippen LogP contribution in [0.2, 0.25) is 5.02 Å². The van der Waals surface area contributed by atoms with Gasteiger partial charge >= 0.3 is 5.97 Å². The number of aromatic amines is 1. The number of benzene rings is 4. The first-order valence-electron chi connectivity index (χ1n) is 18.3. The van der Waals surface area contributed by atoms with E-state index in [0.29, 0.717) is 44.2 Å². The third kappa shape index (κ3) is 6.58. The third-order valence-electron chi connectivity index (χ3n) is 10.5. The molecule has 52 heavy (non-hydrogen) atoms. The normalized spacial score (nSPS) is 15.0. The molecule has 2 N–H and O–H groups in total. The minimum absolute atomic E-state index is 0.286. The van der Waals surface area contributed by atoms with Gasteiger partial charge in [-0.2, -0.15) is 5.10 Å². The molecule has 0 bridgehead atoms. The first kappa shape index (κ1) is 34.4. The number of ether oxygens (including phenoxy) is 3. The molecule has 0 radical (unpaired) electrons. The first-order chi connectivity index (χ1) is 25.5. The van der Waals surface area contributed by atoms with Crippen LogP contribution in [0.15, 0.2) is 78.9 Å². The van der Waals surface area contributed by atoms with Crippen LogP contribution in [-0.2, 0) is 48.6 Å². The Balaban J connectivity index is 1.24. The fourth-order valence-electron chi connectivity index (χ4n) is 7.97. The highest BCUT2D eigenvalue weighted by Crippen LogP contribution is 2.43. The number of fused-ring (bicyclic) bond motifs is 4. The third-order valence-corrected chi connectivity index (χ3v) is 10.9. The lowest BCUT2D eigenvalue weighted by Gasteiger charge is -2.25. The van der Waals surface area contributed by atoms with E-state index in [1.165, 1.54) is 0 Å². The molecule has 4 heterocycles. The fourth-order valence-corrected chi connectivity index (χ4v) is 8.22. The van der Waals surface area contributed by atoms with Crippen molar-refractivity contribution in [2.24, 2.45) is 0 Å². The molecule has 268 valence electrons. The van der Waals surface area contributed by atoms with Crippen LogP contribution in [0.5, 0.6) is 5.75 Å². The Kier molecular flexibility index (Phi) is 10.0. The monoisotopic (exact) mass is 719 g/mol. The van der Waals surface area contributed by atoms with E-state index >= 15 is 0 Å². The zero-order chi connectivity index (χ0) is 35.6. The van der Waals surface area contributed by atoms with E-state index in [1.54, 1.807) is 0 Å². The van der Waals surface area contributed by atoms with Crippen molar-refractivity contribution in [2.75, 3.05) is 39.5 Å². The number of aromatic carboxylic acids is 1. The van der Waals surface area contributed by atoms with Crippen molar-refractivity contribution in [3.63, 3.8) is 0 Å². The molecule has 0 saturated carbocycles. The second-order valence-electron chi connectivity index (χ2n) is 13.6. The largest absolute Gasteiger partial charge is 0.493 e. The van der Waals surface area contributed by atoms with Gasteiger partial charge in [0.25, 0.3) is 0 Å². The summed E-state index contributed by atoms with van der Waals surface area (Å²) in [5.41, 5.74) is 7.85. The highest BCUT2D eigenvalue weighted by Gasteiger charge is 2.33. The molecule has 10 heteroatoms. The van der Waals surface area contributed by atoms with Gasteiger partial charge in [-0.15, -0.1) is 4.68 Å². The number of carboxylic acids is 1. The van der Waals surface area contributed by atoms with Crippen LogP contribution >= 0.6 is 11.6 Å². The molecule has 0 amide bonds. The van der Waals surface area contributed by atoms with Crippen molar-refractivity contribution >= 4 is 39.2 Å². The van der Waals surface area contributed by atoms with Gasteiger partial charge in [-0.25, -0.2) is 4.79 Å². The molecule has 8 rings (SSSR count). The van der Waals surface area contributed by atoms with E-state index in [4.69, 9.17) is 25.8 Å². The summed E-state index contributed by atoms with van der Waals surface area (Å²) in [4.78, 5) is 15.8. The van der Waals surface area contributed by atoms with Gasteiger partial charge in [0.1, 0.15) is 18.1 Å². The Morgan fingerprint density at radius 2 is 1.71 bits per heavy atom. The van der Waals surface area contributed by atoms with Gasteiger partial charge in [0.05, 0.1) is 54.8 Å². The number of morpholine rings is 1. The van der Waals surface area contributed by atoms with Crippen LogP contribution < -0.4 is 9.42 Å². The number of hydrogen-bond acceptors (Lipinski definition) is 5. The minimum atomic E-state index is -0.961. The molecular formula is C42H44ClN4O5+. The molecule has 2 aliphatic rings. The van der Waals surface area contributed by atoms with E-state index in [0.717, 1.165) is 112 Å². The Bertz CT molecular complexity index is 2250. The molecule has 2 aromatic heterocycles. The van der Waals surface area contributed by atoms with Crippen molar-refractivity contribution in [1.29, 1.82) is 0 Å². The quantitative estimate of drug-likeness (QED) is 0.113.